The number of hydrogen-bond acceptors (Lipinski definition) is 8. The summed E-state index contributed by atoms with van der Waals surface area (Å²) in [5.74, 6) is -0.458. The van der Waals surface area contributed by atoms with Crippen LogP contribution in [0.15, 0.2) is 40.8 Å². The highest BCUT2D eigenvalue weighted by molar-refractivity contribution is 7.92. The number of halogens is 1. The van der Waals surface area contributed by atoms with Gasteiger partial charge in [-0.15, -0.1) is 0 Å². The van der Waals surface area contributed by atoms with Gasteiger partial charge in [-0.05, 0) is 54.7 Å². The van der Waals surface area contributed by atoms with Crippen LogP contribution in [0.1, 0.15) is 34.7 Å². The first-order chi connectivity index (χ1) is 19.8. The van der Waals surface area contributed by atoms with E-state index in [2.05, 4.69) is 5.32 Å². The van der Waals surface area contributed by atoms with Gasteiger partial charge in [-0.3, -0.25) is 9.10 Å². The summed E-state index contributed by atoms with van der Waals surface area (Å²) in [6.45, 7) is 2.62. The summed E-state index contributed by atoms with van der Waals surface area (Å²) < 4.78 is 69.0. The first-order valence-electron chi connectivity index (χ1n) is 13.5. The predicted octanol–water partition coefficient (Wildman–Crippen LogP) is 3.94. The van der Waals surface area contributed by atoms with Gasteiger partial charge < -0.3 is 28.7 Å². The number of methoxy groups -OCH3 is 1. The van der Waals surface area contributed by atoms with Gasteiger partial charge in [-0.1, -0.05) is 6.07 Å². The zero-order valence-electron chi connectivity index (χ0n) is 23.6. The van der Waals surface area contributed by atoms with Crippen LogP contribution in [0.5, 0.6) is 0 Å². The first-order valence-corrected chi connectivity index (χ1v) is 15.4. The summed E-state index contributed by atoms with van der Waals surface area (Å²) in [5, 5.41) is 3.04. The number of fused-ring (bicyclic) bond motifs is 1. The number of furan rings is 1. The first kappa shape index (κ1) is 30.9. The molecule has 4 rings (SSSR count). The molecular formula is C29H37FN2O8S. The number of nitrogens with zero attached hydrogens (tertiary/aromatic N) is 1. The normalized spacial score (nSPS) is 13.6. The molecule has 1 aliphatic carbocycles. The quantitative estimate of drug-likeness (QED) is 0.235. The minimum atomic E-state index is -3.79. The van der Waals surface area contributed by atoms with Crippen LogP contribution in [-0.4, -0.2) is 87.5 Å². The van der Waals surface area contributed by atoms with E-state index in [9.17, 15) is 17.6 Å². The van der Waals surface area contributed by atoms with Gasteiger partial charge in [-0.25, -0.2) is 12.8 Å². The molecule has 0 saturated heterocycles. The van der Waals surface area contributed by atoms with E-state index in [1.54, 1.807) is 13.2 Å². The molecule has 0 atom stereocenters. The summed E-state index contributed by atoms with van der Waals surface area (Å²) in [6.07, 6.45) is 2.96. The van der Waals surface area contributed by atoms with E-state index in [1.807, 2.05) is 6.07 Å². The molecule has 1 N–H and O–H groups in total. The Morgan fingerprint density at radius 2 is 1.59 bits per heavy atom. The molecule has 0 aliphatic heterocycles. The van der Waals surface area contributed by atoms with Crippen LogP contribution < -0.4 is 9.62 Å². The minimum Gasteiger partial charge on any atom is -0.455 e. The molecule has 12 heteroatoms. The maximum Gasteiger partial charge on any atom is 0.255 e. The van der Waals surface area contributed by atoms with Crippen LogP contribution in [0.3, 0.4) is 0 Å². The highest BCUT2D eigenvalue weighted by Gasteiger charge is 2.35. The Bertz CT molecular complexity index is 1420. The summed E-state index contributed by atoms with van der Waals surface area (Å²) in [4.78, 5) is 13.3. The Hall–Kier alpha value is -3.03. The van der Waals surface area contributed by atoms with E-state index < -0.39 is 21.7 Å². The molecule has 0 unspecified atom stereocenters. The fraction of sp³-hybridized carbons (Fsp3) is 0.483. The minimum absolute atomic E-state index is 0.0298. The van der Waals surface area contributed by atoms with Gasteiger partial charge in [0.15, 0.2) is 0 Å². The number of benzene rings is 2. The number of ether oxygens (including phenoxy) is 4. The molecule has 1 amide bonds. The van der Waals surface area contributed by atoms with Crippen molar-refractivity contribution < 1.29 is 41.0 Å². The molecule has 0 spiro atoms. The summed E-state index contributed by atoms with van der Waals surface area (Å²) in [7, 11) is -0.684. The van der Waals surface area contributed by atoms with E-state index in [-0.39, 0.29) is 37.0 Å². The number of carbonyl (C=O) groups excluding carboxylic acids is 1. The molecule has 10 nitrogen and oxygen atoms in total. The largest absolute Gasteiger partial charge is 0.455 e. The van der Waals surface area contributed by atoms with Crippen molar-refractivity contribution in [2.24, 2.45) is 0 Å². The number of amides is 1. The molecular weight excluding hydrogens is 555 g/mol. The second kappa shape index (κ2) is 14.2. The van der Waals surface area contributed by atoms with E-state index in [0.717, 1.165) is 24.7 Å². The van der Waals surface area contributed by atoms with Gasteiger partial charge in [0, 0.05) is 19.7 Å². The van der Waals surface area contributed by atoms with Crippen molar-refractivity contribution in [1.82, 2.24) is 5.32 Å². The molecule has 1 aromatic heterocycles. The maximum atomic E-state index is 13.7. The Morgan fingerprint density at radius 3 is 2.15 bits per heavy atom. The van der Waals surface area contributed by atoms with Gasteiger partial charge >= 0.3 is 0 Å². The number of sulfonamides is 1. The number of hydrogen-bond donors (Lipinski definition) is 1. The van der Waals surface area contributed by atoms with Gasteiger partial charge in [0.2, 0.25) is 10.0 Å². The predicted molar refractivity (Wildman–Crippen MR) is 153 cm³/mol. The van der Waals surface area contributed by atoms with E-state index in [4.69, 9.17) is 23.4 Å². The molecule has 3 aromatic rings. The Balaban J connectivity index is 1.61. The molecule has 41 heavy (non-hydrogen) atoms. The average Bonchev–Trinajstić information content (AvgIpc) is 3.72. The van der Waals surface area contributed by atoms with Crippen LogP contribution in [0.4, 0.5) is 10.1 Å². The third-order valence-electron chi connectivity index (χ3n) is 6.70. The van der Waals surface area contributed by atoms with Gasteiger partial charge in [0.05, 0.1) is 75.7 Å². The molecule has 2 aromatic carbocycles. The Kier molecular flexibility index (Phi) is 10.7. The van der Waals surface area contributed by atoms with Crippen molar-refractivity contribution in [3.05, 3.63) is 53.3 Å². The van der Waals surface area contributed by atoms with Gasteiger partial charge in [0.1, 0.15) is 17.2 Å². The number of nitrogens with one attached hydrogen (secondary N) is 1. The van der Waals surface area contributed by atoms with E-state index in [0.29, 0.717) is 55.3 Å². The molecule has 0 radical (unpaired) electrons. The van der Waals surface area contributed by atoms with Gasteiger partial charge in [-0.2, -0.15) is 0 Å². The Morgan fingerprint density at radius 1 is 0.976 bits per heavy atom. The van der Waals surface area contributed by atoms with Gasteiger partial charge in [0.25, 0.3) is 5.91 Å². The van der Waals surface area contributed by atoms with Crippen molar-refractivity contribution in [3.8, 4) is 11.3 Å². The van der Waals surface area contributed by atoms with Crippen molar-refractivity contribution in [1.29, 1.82) is 0 Å². The van der Waals surface area contributed by atoms with E-state index in [1.165, 1.54) is 35.6 Å². The summed E-state index contributed by atoms with van der Waals surface area (Å²) in [5.41, 5.74) is 2.30. The molecule has 0 bridgehead atoms. The smallest absolute Gasteiger partial charge is 0.255 e. The molecule has 1 fully saturated rings. The average molecular weight is 593 g/mol. The fourth-order valence-electron chi connectivity index (χ4n) is 4.60. The third-order valence-corrected chi connectivity index (χ3v) is 7.87. The second-order valence-corrected chi connectivity index (χ2v) is 11.6. The van der Waals surface area contributed by atoms with Crippen molar-refractivity contribution in [2.75, 3.05) is 77.5 Å². The monoisotopic (exact) mass is 592 g/mol. The molecule has 224 valence electrons. The lowest BCUT2D eigenvalue weighted by Gasteiger charge is -2.26. The highest BCUT2D eigenvalue weighted by Crippen LogP contribution is 2.49. The Labute approximate surface area is 239 Å². The zero-order valence-corrected chi connectivity index (χ0v) is 24.4. The van der Waals surface area contributed by atoms with Crippen LogP contribution >= 0.6 is 0 Å². The molecule has 1 saturated carbocycles. The van der Waals surface area contributed by atoms with Crippen LogP contribution in [0.25, 0.3) is 22.3 Å². The van der Waals surface area contributed by atoms with Crippen molar-refractivity contribution >= 4 is 32.6 Å². The molecule has 1 aliphatic rings. The second-order valence-electron chi connectivity index (χ2n) is 9.71. The number of rotatable bonds is 17. The summed E-state index contributed by atoms with van der Waals surface area (Å²) >= 11 is 0. The number of anilines is 1. The maximum absolute atomic E-state index is 13.7. The van der Waals surface area contributed by atoms with Crippen molar-refractivity contribution in [3.63, 3.8) is 0 Å². The van der Waals surface area contributed by atoms with Crippen LogP contribution in [0.2, 0.25) is 0 Å². The molecule has 1 heterocycles. The standard InChI is InChI=1S/C29H37FN2O8S/c1-31-29(33)26-25-24(40-28(26)21-6-8-22(30)9-7-21)11-10-23(20-4-5-20)27(25)32(41(3,34)35)12-13-37-16-17-39-19-18-38-15-14-36-2/h6-11,20H,4-5,12-19H2,1-3H3,(H,31,33). The van der Waals surface area contributed by atoms with Crippen LogP contribution in [0, 0.1) is 5.82 Å². The topological polar surface area (TPSA) is 117 Å². The van der Waals surface area contributed by atoms with E-state index >= 15 is 0 Å². The lowest BCUT2D eigenvalue weighted by atomic mass is 9.99. The summed E-state index contributed by atoms with van der Waals surface area (Å²) in [6, 6.07) is 9.24. The SMILES string of the molecule is CNC(=O)c1c(-c2ccc(F)cc2)oc2ccc(C3CC3)c(N(CCOCCOCCOCCOC)S(C)(=O)=O)c12. The zero-order chi connectivity index (χ0) is 29.4. The lowest BCUT2D eigenvalue weighted by Crippen LogP contribution is -2.34. The lowest BCUT2D eigenvalue weighted by molar-refractivity contribution is 0.00476. The highest BCUT2D eigenvalue weighted by atomic mass is 32.2. The van der Waals surface area contributed by atoms with Crippen molar-refractivity contribution in [2.45, 2.75) is 18.8 Å². The van der Waals surface area contributed by atoms with Crippen LogP contribution in [-0.2, 0) is 29.0 Å². The fourth-order valence-corrected chi connectivity index (χ4v) is 5.54. The number of carbonyl (C=O) groups is 1. The third kappa shape index (κ3) is 7.83.